The summed E-state index contributed by atoms with van der Waals surface area (Å²) in [6.45, 7) is 3.94. The Balaban J connectivity index is 0.000000704. The number of aryl methyl sites for hydroxylation is 2. The predicted octanol–water partition coefficient (Wildman–Crippen LogP) is 2.09. The summed E-state index contributed by atoms with van der Waals surface area (Å²) in [6.07, 6.45) is 0. The van der Waals surface area contributed by atoms with Crippen molar-refractivity contribution in [2.45, 2.75) is 13.8 Å². The molecule has 0 atom stereocenters. The Labute approximate surface area is 116 Å². The van der Waals surface area contributed by atoms with Crippen molar-refractivity contribution in [1.82, 2.24) is 25.4 Å². The minimum atomic E-state index is 0.845. The van der Waals surface area contributed by atoms with E-state index in [1.807, 2.05) is 44.2 Å². The number of hydrogen-bond acceptors (Lipinski definition) is 4. The van der Waals surface area contributed by atoms with Crippen LogP contribution in [0.5, 0.6) is 0 Å². The van der Waals surface area contributed by atoms with Gasteiger partial charge in [0.05, 0.1) is 11.4 Å². The summed E-state index contributed by atoms with van der Waals surface area (Å²) >= 11 is 0. The third kappa shape index (κ3) is 2.92. The zero-order chi connectivity index (χ0) is 14.5. The van der Waals surface area contributed by atoms with Gasteiger partial charge in [0.1, 0.15) is 11.4 Å². The maximum Gasteiger partial charge on any atom is 0.111 e. The van der Waals surface area contributed by atoms with Crippen LogP contribution in [0.2, 0.25) is 0 Å². The Morgan fingerprint density at radius 1 is 0.800 bits per heavy atom. The van der Waals surface area contributed by atoms with Gasteiger partial charge in [0.15, 0.2) is 0 Å². The van der Waals surface area contributed by atoms with E-state index >= 15 is 0 Å². The van der Waals surface area contributed by atoms with Crippen molar-refractivity contribution in [2.75, 3.05) is 7.11 Å². The lowest BCUT2D eigenvalue weighted by Crippen LogP contribution is -1.88. The van der Waals surface area contributed by atoms with Crippen LogP contribution in [0.4, 0.5) is 0 Å². The molecule has 0 saturated carbocycles. The highest BCUT2D eigenvalue weighted by Gasteiger charge is 2.07. The molecule has 104 valence electrons. The molecule has 0 aromatic carbocycles. The molecular weight excluding hydrogens is 254 g/mol. The summed E-state index contributed by atoms with van der Waals surface area (Å²) in [6, 6.07) is 9.80. The van der Waals surface area contributed by atoms with Gasteiger partial charge in [-0.2, -0.15) is 10.2 Å². The minimum Gasteiger partial charge on any atom is -0.400 e. The number of aromatic nitrogens is 5. The van der Waals surface area contributed by atoms with E-state index in [0.717, 1.165) is 41.3 Å². The number of hydrogen-bond donors (Lipinski definition) is 3. The first-order valence-electron chi connectivity index (χ1n) is 6.19. The Morgan fingerprint density at radius 2 is 1.25 bits per heavy atom. The molecule has 0 spiro atoms. The third-order valence-electron chi connectivity index (χ3n) is 2.69. The molecule has 0 aliphatic carbocycles. The summed E-state index contributed by atoms with van der Waals surface area (Å²) in [5, 5.41) is 21.3. The van der Waals surface area contributed by atoms with Crippen LogP contribution in [-0.2, 0) is 0 Å². The molecular formula is C14H17N5O. The monoisotopic (exact) mass is 271 g/mol. The predicted molar refractivity (Wildman–Crippen MR) is 77.0 cm³/mol. The van der Waals surface area contributed by atoms with Gasteiger partial charge in [-0.25, -0.2) is 4.98 Å². The van der Waals surface area contributed by atoms with E-state index in [9.17, 15) is 0 Å². The molecule has 0 saturated heterocycles. The molecule has 3 rings (SSSR count). The van der Waals surface area contributed by atoms with Gasteiger partial charge in [-0.3, -0.25) is 10.2 Å². The number of nitrogens with zero attached hydrogens (tertiary/aromatic N) is 3. The molecule has 0 fully saturated rings. The molecule has 0 radical (unpaired) electrons. The Bertz CT molecular complexity index is 631. The molecule has 3 aromatic heterocycles. The van der Waals surface area contributed by atoms with Crippen molar-refractivity contribution in [3.63, 3.8) is 0 Å². The first-order chi connectivity index (χ1) is 9.72. The lowest BCUT2D eigenvalue weighted by Gasteiger charge is -1.99. The number of aromatic amines is 2. The van der Waals surface area contributed by atoms with Gasteiger partial charge in [0, 0.05) is 18.5 Å². The number of nitrogens with one attached hydrogen (secondary N) is 2. The normalized spacial score (nSPS) is 10.0. The fraction of sp³-hybridized carbons (Fsp3) is 0.214. The maximum atomic E-state index is 7.00. The third-order valence-corrected chi connectivity index (χ3v) is 2.69. The van der Waals surface area contributed by atoms with Gasteiger partial charge in [0.2, 0.25) is 0 Å². The molecule has 6 nitrogen and oxygen atoms in total. The molecule has 3 N–H and O–H groups in total. The summed E-state index contributed by atoms with van der Waals surface area (Å²) in [5.41, 5.74) is 5.43. The summed E-state index contributed by atoms with van der Waals surface area (Å²) in [5.74, 6) is 0. The summed E-state index contributed by atoms with van der Waals surface area (Å²) in [7, 11) is 1.00. The Kier molecular flexibility index (Phi) is 4.27. The molecule has 3 heterocycles. The van der Waals surface area contributed by atoms with E-state index in [-0.39, 0.29) is 0 Å². The van der Waals surface area contributed by atoms with E-state index in [1.165, 1.54) is 0 Å². The van der Waals surface area contributed by atoms with Crippen LogP contribution >= 0.6 is 0 Å². The second-order valence-electron chi connectivity index (χ2n) is 4.28. The fourth-order valence-corrected chi connectivity index (χ4v) is 1.82. The van der Waals surface area contributed by atoms with Crippen LogP contribution in [-0.4, -0.2) is 37.6 Å². The molecule has 0 bridgehead atoms. The van der Waals surface area contributed by atoms with Crippen LogP contribution in [0.15, 0.2) is 30.3 Å². The van der Waals surface area contributed by atoms with Gasteiger partial charge in [-0.15, -0.1) is 0 Å². The molecule has 0 amide bonds. The van der Waals surface area contributed by atoms with Crippen molar-refractivity contribution < 1.29 is 5.11 Å². The van der Waals surface area contributed by atoms with E-state index in [0.29, 0.717) is 0 Å². The lowest BCUT2D eigenvalue weighted by atomic mass is 10.2. The zero-order valence-corrected chi connectivity index (χ0v) is 11.7. The second kappa shape index (κ2) is 6.12. The SMILES string of the molecule is CO.Cc1cc(-c2cccc(-c3cc(C)[nH]n3)n2)n[nH]1. The number of aliphatic hydroxyl groups is 1. The highest BCUT2D eigenvalue weighted by Crippen LogP contribution is 2.20. The van der Waals surface area contributed by atoms with Crippen LogP contribution in [0, 0.1) is 13.8 Å². The van der Waals surface area contributed by atoms with Crippen LogP contribution in [0.1, 0.15) is 11.4 Å². The standard InChI is InChI=1S/C13H13N5.CH4O/c1-8-6-12(17-15-8)10-4-3-5-11(14-10)13-7-9(2)16-18-13;1-2/h3-7H,1-2H3,(H,15,17)(H,16,18);2H,1H3. The molecule has 0 aliphatic rings. The van der Waals surface area contributed by atoms with Crippen molar-refractivity contribution in [3.8, 4) is 22.8 Å². The molecule has 3 aromatic rings. The van der Waals surface area contributed by atoms with E-state index in [1.54, 1.807) is 0 Å². The Morgan fingerprint density at radius 3 is 1.60 bits per heavy atom. The average Bonchev–Trinajstić information content (AvgIpc) is 3.10. The van der Waals surface area contributed by atoms with Crippen LogP contribution in [0.3, 0.4) is 0 Å². The maximum absolute atomic E-state index is 7.00. The average molecular weight is 271 g/mol. The van der Waals surface area contributed by atoms with E-state index in [2.05, 4.69) is 25.4 Å². The second-order valence-corrected chi connectivity index (χ2v) is 4.28. The van der Waals surface area contributed by atoms with Gasteiger partial charge < -0.3 is 5.11 Å². The van der Waals surface area contributed by atoms with Crippen molar-refractivity contribution in [3.05, 3.63) is 41.7 Å². The van der Waals surface area contributed by atoms with Crippen molar-refractivity contribution in [2.24, 2.45) is 0 Å². The van der Waals surface area contributed by atoms with Gasteiger partial charge in [0.25, 0.3) is 0 Å². The molecule has 0 aliphatic heterocycles. The Hall–Kier alpha value is -2.47. The first kappa shape index (κ1) is 14.0. The smallest absolute Gasteiger partial charge is 0.111 e. The van der Waals surface area contributed by atoms with Crippen LogP contribution in [0.25, 0.3) is 22.8 Å². The first-order valence-corrected chi connectivity index (χ1v) is 6.19. The largest absolute Gasteiger partial charge is 0.400 e. The highest BCUT2D eigenvalue weighted by atomic mass is 16.2. The van der Waals surface area contributed by atoms with Gasteiger partial charge in [-0.05, 0) is 38.1 Å². The fourth-order valence-electron chi connectivity index (χ4n) is 1.82. The summed E-state index contributed by atoms with van der Waals surface area (Å²) < 4.78 is 0. The van der Waals surface area contributed by atoms with Crippen molar-refractivity contribution in [1.29, 1.82) is 0 Å². The van der Waals surface area contributed by atoms with Crippen LogP contribution < -0.4 is 0 Å². The topological polar surface area (TPSA) is 90.5 Å². The molecule has 6 heteroatoms. The van der Waals surface area contributed by atoms with E-state index < -0.39 is 0 Å². The number of H-pyrrole nitrogens is 2. The number of rotatable bonds is 2. The molecule has 20 heavy (non-hydrogen) atoms. The minimum absolute atomic E-state index is 0.845. The van der Waals surface area contributed by atoms with Crippen molar-refractivity contribution >= 4 is 0 Å². The number of pyridine rings is 1. The highest BCUT2D eigenvalue weighted by molar-refractivity contribution is 5.61. The number of aliphatic hydroxyl groups excluding tert-OH is 1. The quantitative estimate of drug-likeness (QED) is 0.665. The molecule has 0 unspecified atom stereocenters. The van der Waals surface area contributed by atoms with Gasteiger partial charge in [-0.1, -0.05) is 6.07 Å². The van der Waals surface area contributed by atoms with Gasteiger partial charge >= 0.3 is 0 Å². The summed E-state index contributed by atoms with van der Waals surface area (Å²) in [4.78, 5) is 4.57. The van der Waals surface area contributed by atoms with E-state index in [4.69, 9.17) is 5.11 Å². The zero-order valence-electron chi connectivity index (χ0n) is 11.7. The lowest BCUT2D eigenvalue weighted by molar-refractivity contribution is 0.399.